The summed E-state index contributed by atoms with van der Waals surface area (Å²) >= 11 is 0. The molecule has 0 aromatic heterocycles. The van der Waals surface area contributed by atoms with E-state index in [4.69, 9.17) is 14.2 Å². The zero-order chi connectivity index (χ0) is 17.8. The van der Waals surface area contributed by atoms with Gasteiger partial charge in [-0.1, -0.05) is 25.8 Å². The van der Waals surface area contributed by atoms with E-state index in [-0.39, 0.29) is 0 Å². The van der Waals surface area contributed by atoms with E-state index in [1.165, 1.54) is 25.7 Å². The number of aliphatic hydroxyl groups excluding tert-OH is 1. The molecule has 5 nitrogen and oxygen atoms in total. The SMILES string of the molecule is CCCCC[C@H](C)[NH2+]C[C@@H](O)COCc1ccc(OC)c(OC)c1. The summed E-state index contributed by atoms with van der Waals surface area (Å²) in [6.07, 6.45) is 4.56. The van der Waals surface area contributed by atoms with Crippen LogP contribution in [0.15, 0.2) is 18.2 Å². The number of nitrogens with two attached hydrogens (primary N) is 1. The van der Waals surface area contributed by atoms with Gasteiger partial charge in [-0.25, -0.2) is 0 Å². The molecule has 0 bridgehead atoms. The Hall–Kier alpha value is -1.30. The number of rotatable bonds is 13. The largest absolute Gasteiger partial charge is 0.493 e. The summed E-state index contributed by atoms with van der Waals surface area (Å²) in [5.74, 6) is 1.39. The Kier molecular flexibility index (Phi) is 10.5. The molecule has 0 aliphatic carbocycles. The molecule has 0 spiro atoms. The highest BCUT2D eigenvalue weighted by molar-refractivity contribution is 5.42. The van der Waals surface area contributed by atoms with Crippen LogP contribution in [0.2, 0.25) is 0 Å². The fourth-order valence-corrected chi connectivity index (χ4v) is 2.57. The number of ether oxygens (including phenoxy) is 3. The van der Waals surface area contributed by atoms with Gasteiger partial charge in [0.25, 0.3) is 0 Å². The number of hydrogen-bond acceptors (Lipinski definition) is 4. The van der Waals surface area contributed by atoms with E-state index in [1.807, 2.05) is 18.2 Å². The molecule has 3 N–H and O–H groups in total. The van der Waals surface area contributed by atoms with Crippen LogP contribution in [0.1, 0.15) is 45.1 Å². The topological polar surface area (TPSA) is 64.5 Å². The molecule has 0 fully saturated rings. The molecule has 138 valence electrons. The smallest absolute Gasteiger partial charge is 0.161 e. The number of benzene rings is 1. The molecule has 2 atom stereocenters. The first-order valence-electron chi connectivity index (χ1n) is 8.90. The Labute approximate surface area is 146 Å². The van der Waals surface area contributed by atoms with Crippen LogP contribution in [-0.4, -0.2) is 44.6 Å². The van der Waals surface area contributed by atoms with Crippen molar-refractivity contribution in [2.75, 3.05) is 27.4 Å². The maximum atomic E-state index is 10.0. The molecule has 1 rings (SSSR count). The van der Waals surface area contributed by atoms with Gasteiger partial charge in [0.1, 0.15) is 12.6 Å². The Morgan fingerprint density at radius 2 is 1.88 bits per heavy atom. The van der Waals surface area contributed by atoms with Crippen molar-refractivity contribution in [3.8, 4) is 11.5 Å². The molecule has 0 saturated carbocycles. The van der Waals surface area contributed by atoms with Gasteiger partial charge in [0.2, 0.25) is 0 Å². The van der Waals surface area contributed by atoms with E-state index in [0.717, 1.165) is 5.56 Å². The van der Waals surface area contributed by atoms with Crippen LogP contribution in [-0.2, 0) is 11.3 Å². The third-order valence-electron chi connectivity index (χ3n) is 4.10. The van der Waals surface area contributed by atoms with Gasteiger partial charge < -0.3 is 24.6 Å². The van der Waals surface area contributed by atoms with Crippen molar-refractivity contribution in [3.63, 3.8) is 0 Å². The van der Waals surface area contributed by atoms with E-state index >= 15 is 0 Å². The Balaban J connectivity index is 2.24. The summed E-state index contributed by atoms with van der Waals surface area (Å²) in [6.45, 7) is 5.90. The minimum absolute atomic E-state index is 0.340. The molecule has 1 aromatic rings. The lowest BCUT2D eigenvalue weighted by Crippen LogP contribution is -2.91. The molecule has 0 radical (unpaired) electrons. The van der Waals surface area contributed by atoms with Crippen molar-refractivity contribution in [1.82, 2.24) is 0 Å². The molecule has 0 aliphatic heterocycles. The van der Waals surface area contributed by atoms with E-state index in [1.54, 1.807) is 14.2 Å². The second-order valence-electron chi connectivity index (χ2n) is 6.30. The summed E-state index contributed by atoms with van der Waals surface area (Å²) in [5.41, 5.74) is 0.997. The highest BCUT2D eigenvalue weighted by atomic mass is 16.5. The van der Waals surface area contributed by atoms with E-state index < -0.39 is 6.10 Å². The van der Waals surface area contributed by atoms with E-state index in [2.05, 4.69) is 19.2 Å². The first-order valence-corrected chi connectivity index (χ1v) is 8.90. The number of unbranched alkanes of at least 4 members (excludes halogenated alkanes) is 2. The monoisotopic (exact) mass is 340 g/mol. The highest BCUT2D eigenvalue weighted by Gasteiger charge is 2.11. The fraction of sp³-hybridized carbons (Fsp3) is 0.684. The van der Waals surface area contributed by atoms with Gasteiger partial charge in [-0.3, -0.25) is 0 Å². The van der Waals surface area contributed by atoms with Gasteiger partial charge >= 0.3 is 0 Å². The van der Waals surface area contributed by atoms with Crippen LogP contribution < -0.4 is 14.8 Å². The zero-order valence-corrected chi connectivity index (χ0v) is 15.6. The van der Waals surface area contributed by atoms with Gasteiger partial charge in [0, 0.05) is 0 Å². The number of aliphatic hydroxyl groups is 1. The fourth-order valence-electron chi connectivity index (χ4n) is 2.57. The van der Waals surface area contributed by atoms with Crippen molar-refractivity contribution in [2.24, 2.45) is 0 Å². The van der Waals surface area contributed by atoms with Crippen LogP contribution in [0.3, 0.4) is 0 Å². The Bertz CT molecular complexity index is 453. The molecule has 0 aliphatic rings. The molecule has 0 heterocycles. The van der Waals surface area contributed by atoms with Gasteiger partial charge in [0.05, 0.1) is 33.5 Å². The molecule has 0 saturated heterocycles. The van der Waals surface area contributed by atoms with E-state index in [9.17, 15) is 5.11 Å². The number of methoxy groups -OCH3 is 2. The van der Waals surface area contributed by atoms with Crippen molar-refractivity contribution >= 4 is 0 Å². The van der Waals surface area contributed by atoms with Crippen molar-refractivity contribution in [2.45, 2.75) is 58.3 Å². The number of quaternary nitrogens is 1. The van der Waals surface area contributed by atoms with Crippen molar-refractivity contribution < 1.29 is 24.6 Å². The summed E-state index contributed by atoms with van der Waals surface area (Å²) in [7, 11) is 3.23. The molecule has 0 unspecified atom stereocenters. The maximum absolute atomic E-state index is 10.0. The molecule has 0 amide bonds. The van der Waals surface area contributed by atoms with E-state index in [0.29, 0.717) is 37.3 Å². The molecule has 24 heavy (non-hydrogen) atoms. The summed E-state index contributed by atoms with van der Waals surface area (Å²) < 4.78 is 16.1. The molecule has 5 heteroatoms. The predicted molar refractivity (Wildman–Crippen MR) is 95.6 cm³/mol. The molecular weight excluding hydrogens is 306 g/mol. The van der Waals surface area contributed by atoms with Crippen LogP contribution >= 0.6 is 0 Å². The van der Waals surface area contributed by atoms with Crippen LogP contribution in [0.4, 0.5) is 0 Å². The average molecular weight is 340 g/mol. The first-order chi connectivity index (χ1) is 11.6. The summed E-state index contributed by atoms with van der Waals surface area (Å²) in [6, 6.07) is 6.25. The minimum atomic E-state index is -0.446. The quantitative estimate of drug-likeness (QED) is 0.540. The van der Waals surface area contributed by atoms with Gasteiger partial charge in [-0.15, -0.1) is 0 Å². The van der Waals surface area contributed by atoms with Crippen LogP contribution in [0.25, 0.3) is 0 Å². The lowest BCUT2D eigenvalue weighted by atomic mass is 10.1. The third kappa shape index (κ3) is 7.99. The average Bonchev–Trinajstić information content (AvgIpc) is 2.60. The highest BCUT2D eigenvalue weighted by Crippen LogP contribution is 2.27. The zero-order valence-electron chi connectivity index (χ0n) is 15.6. The second kappa shape index (κ2) is 12.1. The standard InChI is InChI=1S/C19H33NO4/c1-5-6-7-8-15(2)20-12-17(21)14-24-13-16-9-10-18(22-3)19(11-16)23-4/h9-11,15,17,20-21H,5-8,12-14H2,1-4H3/p+1/t15-,17+/m0/s1. The normalized spacial score (nSPS) is 13.5. The lowest BCUT2D eigenvalue weighted by Gasteiger charge is -2.15. The lowest BCUT2D eigenvalue weighted by molar-refractivity contribution is -0.692. The third-order valence-corrected chi connectivity index (χ3v) is 4.10. The molecular formula is C19H34NO4+. The summed E-state index contributed by atoms with van der Waals surface area (Å²) in [5, 5.41) is 12.2. The Morgan fingerprint density at radius 1 is 1.12 bits per heavy atom. The second-order valence-corrected chi connectivity index (χ2v) is 6.30. The Morgan fingerprint density at radius 3 is 2.54 bits per heavy atom. The van der Waals surface area contributed by atoms with Crippen molar-refractivity contribution in [1.29, 1.82) is 0 Å². The van der Waals surface area contributed by atoms with Gasteiger partial charge in [-0.05, 0) is 37.5 Å². The summed E-state index contributed by atoms with van der Waals surface area (Å²) in [4.78, 5) is 0. The first kappa shape index (κ1) is 20.7. The van der Waals surface area contributed by atoms with Gasteiger partial charge in [0.15, 0.2) is 11.5 Å². The minimum Gasteiger partial charge on any atom is -0.493 e. The number of hydrogen-bond donors (Lipinski definition) is 2. The van der Waals surface area contributed by atoms with Crippen molar-refractivity contribution in [3.05, 3.63) is 23.8 Å². The predicted octanol–water partition coefficient (Wildman–Crippen LogP) is 2.11. The molecule has 1 aromatic carbocycles. The van der Waals surface area contributed by atoms with Gasteiger partial charge in [-0.2, -0.15) is 0 Å². The van der Waals surface area contributed by atoms with Crippen LogP contribution in [0.5, 0.6) is 11.5 Å². The van der Waals surface area contributed by atoms with Crippen LogP contribution in [0, 0.1) is 0 Å². The maximum Gasteiger partial charge on any atom is 0.161 e.